The molecule has 1 heterocycles. The second kappa shape index (κ2) is 8.51. The Balaban J connectivity index is 1.80. The molecule has 3 aromatic rings. The maximum Gasteiger partial charge on any atom is 0.264 e. The van der Waals surface area contributed by atoms with E-state index in [4.69, 9.17) is 8.85 Å². The highest BCUT2D eigenvalue weighted by Gasteiger charge is 2.60. The van der Waals surface area contributed by atoms with Gasteiger partial charge in [-0.3, -0.25) is 0 Å². The van der Waals surface area contributed by atoms with Crippen LogP contribution in [0.4, 0.5) is 0 Å². The van der Waals surface area contributed by atoms with E-state index < -0.39 is 16.6 Å². The number of benzene rings is 3. The molecule has 0 aliphatic carbocycles. The fraction of sp³-hybridized carbons (Fsp3) is 0.333. The Morgan fingerprint density at radius 1 is 0.839 bits per heavy atom. The summed E-state index contributed by atoms with van der Waals surface area (Å²) in [5.74, 6) is 0. The fourth-order valence-electron chi connectivity index (χ4n) is 5.10. The van der Waals surface area contributed by atoms with Crippen molar-refractivity contribution in [2.75, 3.05) is 13.2 Å². The average Bonchev–Trinajstić information content (AvgIpc) is 3.11. The van der Waals surface area contributed by atoms with Gasteiger partial charge < -0.3 is 8.85 Å². The van der Waals surface area contributed by atoms with Gasteiger partial charge in [-0.05, 0) is 60.0 Å². The zero-order valence-electron chi connectivity index (χ0n) is 19.4. The molecule has 162 valence electrons. The summed E-state index contributed by atoms with van der Waals surface area (Å²) in [6.45, 7) is 13.0. The Kier molecular flexibility index (Phi) is 6.10. The smallest absolute Gasteiger partial charge is 0.264 e. The molecule has 2 nitrogen and oxygen atoms in total. The summed E-state index contributed by atoms with van der Waals surface area (Å²) in [4.78, 5) is 0. The first-order valence-corrected chi connectivity index (χ1v) is 16.1. The molecular formula is C27H34O2Si2. The van der Waals surface area contributed by atoms with Crippen LogP contribution in [0, 0.1) is 13.8 Å². The van der Waals surface area contributed by atoms with Crippen LogP contribution in [0.5, 0.6) is 0 Å². The van der Waals surface area contributed by atoms with Gasteiger partial charge in [0.15, 0.2) is 0 Å². The maximum absolute atomic E-state index is 6.94. The predicted molar refractivity (Wildman–Crippen MR) is 136 cm³/mol. The van der Waals surface area contributed by atoms with E-state index in [1.807, 2.05) is 0 Å². The molecule has 0 spiro atoms. The van der Waals surface area contributed by atoms with Crippen LogP contribution in [-0.4, -0.2) is 29.8 Å². The minimum absolute atomic E-state index is 0.0374. The Hall–Kier alpha value is -1.99. The van der Waals surface area contributed by atoms with Crippen molar-refractivity contribution in [3.63, 3.8) is 0 Å². The second-order valence-electron chi connectivity index (χ2n) is 9.64. The molecule has 0 aromatic heterocycles. The van der Waals surface area contributed by atoms with Gasteiger partial charge in [0.2, 0.25) is 8.32 Å². The molecule has 0 bridgehead atoms. The lowest BCUT2D eigenvalue weighted by molar-refractivity contribution is 0.262. The molecule has 1 aliphatic heterocycles. The minimum atomic E-state index is -2.53. The third-order valence-corrected chi connectivity index (χ3v) is 15.1. The first-order chi connectivity index (χ1) is 14.8. The van der Waals surface area contributed by atoms with E-state index in [0.29, 0.717) is 0 Å². The van der Waals surface area contributed by atoms with E-state index in [2.05, 4.69) is 113 Å². The molecule has 1 aliphatic rings. The van der Waals surface area contributed by atoms with Crippen LogP contribution in [-0.2, 0) is 8.85 Å². The first kappa shape index (κ1) is 22.2. The van der Waals surface area contributed by atoms with Crippen molar-refractivity contribution >= 4 is 32.2 Å². The molecule has 0 radical (unpaired) electrons. The Labute approximate surface area is 189 Å². The lowest BCUT2D eigenvalue weighted by atomic mass is 10.1. The van der Waals surface area contributed by atoms with Crippen molar-refractivity contribution in [2.45, 2.75) is 45.3 Å². The summed E-state index contributed by atoms with van der Waals surface area (Å²) in [7, 11) is -4.55. The molecule has 0 N–H and O–H groups in total. The molecule has 0 saturated carbocycles. The van der Waals surface area contributed by atoms with Gasteiger partial charge in [-0.25, -0.2) is 0 Å². The van der Waals surface area contributed by atoms with Crippen LogP contribution >= 0.6 is 0 Å². The molecule has 4 rings (SSSR count). The zero-order chi connectivity index (χ0) is 22.1. The Bertz CT molecular complexity index is 1000. The molecule has 1 fully saturated rings. The van der Waals surface area contributed by atoms with Gasteiger partial charge in [0.1, 0.15) is 0 Å². The lowest BCUT2D eigenvalue weighted by Crippen LogP contribution is -2.67. The molecule has 0 unspecified atom stereocenters. The SMILES string of the molecule is Cc1ccccc1[Si]1(c2ccccc2C)OCC[C@@]1(C)CO[Si](C)(C)c1ccccc1. The van der Waals surface area contributed by atoms with Crippen molar-refractivity contribution < 1.29 is 8.85 Å². The van der Waals surface area contributed by atoms with Crippen LogP contribution in [0.2, 0.25) is 18.1 Å². The van der Waals surface area contributed by atoms with E-state index in [-0.39, 0.29) is 5.04 Å². The lowest BCUT2D eigenvalue weighted by Gasteiger charge is -2.43. The van der Waals surface area contributed by atoms with Crippen molar-refractivity contribution in [3.8, 4) is 0 Å². The first-order valence-electron chi connectivity index (χ1n) is 11.3. The highest BCUT2D eigenvalue weighted by atomic mass is 28.4. The molecule has 3 aromatic carbocycles. The quantitative estimate of drug-likeness (QED) is 0.512. The summed E-state index contributed by atoms with van der Waals surface area (Å²) in [6, 6.07) is 28.4. The van der Waals surface area contributed by atoms with Gasteiger partial charge >= 0.3 is 0 Å². The third kappa shape index (κ3) is 3.87. The third-order valence-electron chi connectivity index (χ3n) is 7.09. The maximum atomic E-state index is 6.94. The molecule has 31 heavy (non-hydrogen) atoms. The topological polar surface area (TPSA) is 18.5 Å². The number of hydrogen-bond acceptors (Lipinski definition) is 2. The predicted octanol–water partition coefficient (Wildman–Crippen LogP) is 4.67. The van der Waals surface area contributed by atoms with E-state index in [0.717, 1.165) is 19.6 Å². The highest BCUT2D eigenvalue weighted by molar-refractivity contribution is 7.00. The summed E-state index contributed by atoms with van der Waals surface area (Å²) in [6.07, 6.45) is 1.03. The minimum Gasteiger partial charge on any atom is -0.413 e. The summed E-state index contributed by atoms with van der Waals surface area (Å²) in [5.41, 5.74) is 2.65. The van der Waals surface area contributed by atoms with E-state index >= 15 is 0 Å². The normalized spacial score (nSPS) is 20.7. The Morgan fingerprint density at radius 2 is 1.35 bits per heavy atom. The van der Waals surface area contributed by atoms with E-state index in [1.165, 1.54) is 26.7 Å². The number of rotatable bonds is 6. The number of aryl methyl sites for hydroxylation is 2. The van der Waals surface area contributed by atoms with Crippen LogP contribution < -0.4 is 15.6 Å². The molecule has 1 saturated heterocycles. The van der Waals surface area contributed by atoms with Crippen LogP contribution in [0.15, 0.2) is 78.9 Å². The van der Waals surface area contributed by atoms with Gasteiger partial charge in [-0.2, -0.15) is 0 Å². The van der Waals surface area contributed by atoms with Crippen molar-refractivity contribution in [3.05, 3.63) is 90.0 Å². The van der Waals surface area contributed by atoms with E-state index in [1.54, 1.807) is 0 Å². The van der Waals surface area contributed by atoms with Crippen LogP contribution in [0.3, 0.4) is 0 Å². The van der Waals surface area contributed by atoms with Gasteiger partial charge in [0.05, 0.1) is 0 Å². The van der Waals surface area contributed by atoms with Crippen molar-refractivity contribution in [2.24, 2.45) is 0 Å². The van der Waals surface area contributed by atoms with Gasteiger partial charge in [0.25, 0.3) is 8.32 Å². The summed E-state index contributed by atoms with van der Waals surface area (Å²) in [5, 5.41) is 4.10. The summed E-state index contributed by atoms with van der Waals surface area (Å²) >= 11 is 0. The van der Waals surface area contributed by atoms with Crippen molar-refractivity contribution in [1.29, 1.82) is 0 Å². The number of hydrogen-bond donors (Lipinski definition) is 0. The van der Waals surface area contributed by atoms with Gasteiger partial charge in [-0.1, -0.05) is 85.8 Å². The molecule has 1 atom stereocenters. The largest absolute Gasteiger partial charge is 0.413 e. The molecular weight excluding hydrogens is 412 g/mol. The highest BCUT2D eigenvalue weighted by Crippen LogP contribution is 2.47. The molecule has 4 heteroatoms. The zero-order valence-corrected chi connectivity index (χ0v) is 21.4. The van der Waals surface area contributed by atoms with Gasteiger partial charge in [-0.15, -0.1) is 0 Å². The van der Waals surface area contributed by atoms with E-state index in [9.17, 15) is 0 Å². The van der Waals surface area contributed by atoms with Crippen LogP contribution in [0.25, 0.3) is 0 Å². The average molecular weight is 447 g/mol. The monoisotopic (exact) mass is 446 g/mol. The van der Waals surface area contributed by atoms with Gasteiger partial charge in [0, 0.05) is 18.3 Å². The standard InChI is InChI=1S/C27H34O2Si2/c1-22-13-9-11-17-25(22)31(26-18-12-10-14-23(26)2)27(3,19-20-28-31)21-29-30(4,5)24-15-7-6-8-16-24/h6-18H,19-21H2,1-5H3/t27-/m0/s1. The Morgan fingerprint density at radius 3 is 1.90 bits per heavy atom. The fourth-order valence-corrected chi connectivity index (χ4v) is 12.4. The summed E-state index contributed by atoms with van der Waals surface area (Å²) < 4.78 is 13.8. The molecule has 0 amide bonds. The van der Waals surface area contributed by atoms with Crippen LogP contribution in [0.1, 0.15) is 24.5 Å². The second-order valence-corrected chi connectivity index (χ2v) is 17.5. The van der Waals surface area contributed by atoms with Crippen molar-refractivity contribution in [1.82, 2.24) is 0 Å².